The molecule has 112 valence electrons. The quantitative estimate of drug-likeness (QED) is 0.652. The standard InChI is InChI=1S/C14H18N4OS2/c1-3-4-5-6-11(19)15-14(20)16-12-9(2)7-8-10-13(12)18-21-17-10/h7-8H,3-6H2,1-2H3,(H2,15,16,19,20). The number of aromatic nitrogens is 2. The Kier molecular flexibility index (Phi) is 5.58. The second-order valence-corrected chi connectivity index (χ2v) is 5.79. The molecule has 0 radical (unpaired) electrons. The first-order valence-electron chi connectivity index (χ1n) is 6.94. The van der Waals surface area contributed by atoms with Crippen LogP contribution in [-0.4, -0.2) is 19.8 Å². The number of unbranched alkanes of at least 4 members (excludes halogenated alkanes) is 2. The Morgan fingerprint density at radius 3 is 2.90 bits per heavy atom. The Morgan fingerprint density at radius 1 is 1.33 bits per heavy atom. The fourth-order valence-corrected chi connectivity index (χ4v) is 2.74. The number of hydrogen-bond donors (Lipinski definition) is 2. The molecule has 2 aromatic rings. The molecule has 0 bridgehead atoms. The summed E-state index contributed by atoms with van der Waals surface area (Å²) in [5.41, 5.74) is 3.42. The minimum Gasteiger partial charge on any atom is -0.330 e. The van der Waals surface area contributed by atoms with Crippen molar-refractivity contribution < 1.29 is 4.79 Å². The van der Waals surface area contributed by atoms with Crippen LogP contribution < -0.4 is 10.6 Å². The molecule has 1 amide bonds. The molecule has 0 saturated heterocycles. The second-order valence-electron chi connectivity index (χ2n) is 4.85. The number of aryl methyl sites for hydroxylation is 1. The lowest BCUT2D eigenvalue weighted by molar-refractivity contribution is -0.119. The molecule has 2 N–H and O–H groups in total. The van der Waals surface area contributed by atoms with Gasteiger partial charge in [-0.3, -0.25) is 4.79 Å². The Balaban J connectivity index is 2.00. The highest BCUT2D eigenvalue weighted by Gasteiger charge is 2.11. The highest BCUT2D eigenvalue weighted by molar-refractivity contribution is 7.80. The zero-order valence-electron chi connectivity index (χ0n) is 12.1. The number of fused-ring (bicyclic) bond motifs is 1. The normalized spacial score (nSPS) is 10.6. The maximum atomic E-state index is 11.8. The summed E-state index contributed by atoms with van der Waals surface area (Å²) in [5, 5.41) is 6.08. The zero-order chi connectivity index (χ0) is 15.2. The van der Waals surface area contributed by atoms with E-state index in [4.69, 9.17) is 12.2 Å². The molecule has 1 aromatic carbocycles. The molecule has 7 heteroatoms. The van der Waals surface area contributed by atoms with E-state index in [1.807, 2.05) is 19.1 Å². The minimum absolute atomic E-state index is 0.0535. The number of amides is 1. The SMILES string of the molecule is CCCCCC(=O)NC(=S)Nc1c(C)ccc2nsnc12. The molecular formula is C14H18N4OS2. The van der Waals surface area contributed by atoms with E-state index in [0.717, 1.165) is 53.3 Å². The lowest BCUT2D eigenvalue weighted by Gasteiger charge is -2.12. The van der Waals surface area contributed by atoms with Crippen molar-refractivity contribution in [3.05, 3.63) is 17.7 Å². The Hall–Kier alpha value is -1.60. The van der Waals surface area contributed by atoms with Crippen LogP contribution in [0.1, 0.15) is 38.2 Å². The molecule has 0 spiro atoms. The van der Waals surface area contributed by atoms with Gasteiger partial charge >= 0.3 is 0 Å². The van der Waals surface area contributed by atoms with Gasteiger partial charge in [0.15, 0.2) is 5.11 Å². The van der Waals surface area contributed by atoms with Gasteiger partial charge in [0, 0.05) is 6.42 Å². The van der Waals surface area contributed by atoms with Crippen molar-refractivity contribution in [2.24, 2.45) is 0 Å². The van der Waals surface area contributed by atoms with Gasteiger partial charge in [-0.2, -0.15) is 8.75 Å². The molecule has 0 fully saturated rings. The Bertz CT molecular complexity index is 653. The fraction of sp³-hybridized carbons (Fsp3) is 0.429. The molecule has 0 aliphatic heterocycles. The summed E-state index contributed by atoms with van der Waals surface area (Å²) in [7, 11) is 0. The smallest absolute Gasteiger partial charge is 0.226 e. The number of hydrogen-bond acceptors (Lipinski definition) is 5. The van der Waals surface area contributed by atoms with E-state index in [1.165, 1.54) is 0 Å². The number of thiocarbonyl (C=S) groups is 1. The van der Waals surface area contributed by atoms with Crippen LogP contribution in [0.15, 0.2) is 12.1 Å². The summed E-state index contributed by atoms with van der Waals surface area (Å²) in [6, 6.07) is 3.88. The van der Waals surface area contributed by atoms with Crippen LogP contribution in [0, 0.1) is 6.92 Å². The van der Waals surface area contributed by atoms with Gasteiger partial charge in [-0.05, 0) is 37.2 Å². The van der Waals surface area contributed by atoms with Gasteiger partial charge in [-0.15, -0.1) is 0 Å². The van der Waals surface area contributed by atoms with Crippen LogP contribution in [0.3, 0.4) is 0 Å². The maximum Gasteiger partial charge on any atom is 0.226 e. The van der Waals surface area contributed by atoms with E-state index in [0.29, 0.717) is 11.5 Å². The molecule has 5 nitrogen and oxygen atoms in total. The lowest BCUT2D eigenvalue weighted by atomic mass is 10.1. The Morgan fingerprint density at radius 2 is 2.14 bits per heavy atom. The van der Waals surface area contributed by atoms with Crippen molar-refractivity contribution in [3.8, 4) is 0 Å². The minimum atomic E-state index is -0.0535. The number of nitrogens with one attached hydrogen (secondary N) is 2. The average molecular weight is 322 g/mol. The van der Waals surface area contributed by atoms with Gasteiger partial charge in [0.1, 0.15) is 11.0 Å². The van der Waals surface area contributed by atoms with Crippen molar-refractivity contribution in [1.29, 1.82) is 0 Å². The fourth-order valence-electron chi connectivity index (χ4n) is 1.98. The molecule has 1 aromatic heterocycles. The summed E-state index contributed by atoms with van der Waals surface area (Å²) in [6.45, 7) is 4.07. The largest absolute Gasteiger partial charge is 0.330 e. The van der Waals surface area contributed by atoms with E-state index in [2.05, 4.69) is 26.3 Å². The number of carbonyl (C=O) groups excluding carboxylic acids is 1. The highest BCUT2D eigenvalue weighted by atomic mass is 32.1. The summed E-state index contributed by atoms with van der Waals surface area (Å²) >= 11 is 6.36. The van der Waals surface area contributed by atoms with Gasteiger partial charge in [0.2, 0.25) is 5.91 Å². The third kappa shape index (κ3) is 4.18. The molecule has 0 aliphatic carbocycles. The highest BCUT2D eigenvalue weighted by Crippen LogP contribution is 2.25. The third-order valence-electron chi connectivity index (χ3n) is 3.14. The van der Waals surface area contributed by atoms with Crippen molar-refractivity contribution in [2.45, 2.75) is 39.5 Å². The maximum absolute atomic E-state index is 11.8. The summed E-state index contributed by atoms with van der Waals surface area (Å²) in [4.78, 5) is 11.8. The molecule has 2 rings (SSSR count). The van der Waals surface area contributed by atoms with Crippen LogP contribution in [0.25, 0.3) is 11.0 Å². The van der Waals surface area contributed by atoms with Crippen molar-refractivity contribution in [3.63, 3.8) is 0 Å². The van der Waals surface area contributed by atoms with Gasteiger partial charge < -0.3 is 10.6 Å². The first-order chi connectivity index (χ1) is 10.1. The molecule has 0 saturated carbocycles. The van der Waals surface area contributed by atoms with E-state index in [9.17, 15) is 4.79 Å². The number of carbonyl (C=O) groups is 1. The molecule has 0 atom stereocenters. The third-order valence-corrected chi connectivity index (χ3v) is 3.88. The number of rotatable bonds is 5. The first kappa shape index (κ1) is 15.8. The molecule has 21 heavy (non-hydrogen) atoms. The average Bonchev–Trinajstić information content (AvgIpc) is 2.91. The second kappa shape index (κ2) is 7.42. The van der Waals surface area contributed by atoms with Crippen LogP contribution in [-0.2, 0) is 4.79 Å². The van der Waals surface area contributed by atoms with E-state index in [1.54, 1.807) is 0 Å². The van der Waals surface area contributed by atoms with E-state index < -0.39 is 0 Å². The number of anilines is 1. The zero-order valence-corrected chi connectivity index (χ0v) is 13.7. The monoisotopic (exact) mass is 322 g/mol. The van der Waals surface area contributed by atoms with Gasteiger partial charge in [0.25, 0.3) is 0 Å². The van der Waals surface area contributed by atoms with Crippen molar-refractivity contribution >= 4 is 51.7 Å². The van der Waals surface area contributed by atoms with Gasteiger partial charge in [-0.1, -0.05) is 25.8 Å². The van der Waals surface area contributed by atoms with Gasteiger partial charge in [0.05, 0.1) is 17.4 Å². The number of benzene rings is 1. The molecular weight excluding hydrogens is 304 g/mol. The number of nitrogens with zero attached hydrogens (tertiary/aromatic N) is 2. The topological polar surface area (TPSA) is 66.9 Å². The molecule has 0 unspecified atom stereocenters. The van der Waals surface area contributed by atoms with Gasteiger partial charge in [-0.25, -0.2) is 0 Å². The summed E-state index contributed by atoms with van der Waals surface area (Å²) in [6.07, 6.45) is 3.52. The summed E-state index contributed by atoms with van der Waals surface area (Å²) in [5.74, 6) is -0.0535. The Labute approximate surface area is 133 Å². The first-order valence-corrected chi connectivity index (χ1v) is 8.08. The van der Waals surface area contributed by atoms with Crippen LogP contribution >= 0.6 is 23.9 Å². The molecule has 0 aliphatic rings. The molecule has 1 heterocycles. The predicted molar refractivity (Wildman–Crippen MR) is 90.7 cm³/mol. The predicted octanol–water partition coefficient (Wildman–Crippen LogP) is 3.39. The van der Waals surface area contributed by atoms with Crippen molar-refractivity contribution in [2.75, 3.05) is 5.32 Å². The van der Waals surface area contributed by atoms with Crippen LogP contribution in [0.5, 0.6) is 0 Å². The van der Waals surface area contributed by atoms with E-state index in [-0.39, 0.29) is 5.91 Å². The summed E-state index contributed by atoms with van der Waals surface area (Å²) < 4.78 is 8.47. The lowest BCUT2D eigenvalue weighted by Crippen LogP contribution is -2.34. The van der Waals surface area contributed by atoms with Crippen LogP contribution in [0.2, 0.25) is 0 Å². The van der Waals surface area contributed by atoms with Crippen LogP contribution in [0.4, 0.5) is 5.69 Å². The van der Waals surface area contributed by atoms with E-state index >= 15 is 0 Å². The van der Waals surface area contributed by atoms with Crippen molar-refractivity contribution in [1.82, 2.24) is 14.1 Å².